The minimum atomic E-state index is 0.583. The Morgan fingerprint density at radius 3 is 3.13 bits per heavy atom. The molecule has 1 N–H and O–H groups in total. The van der Waals surface area contributed by atoms with Gasteiger partial charge in [0.2, 0.25) is 0 Å². The second-order valence-electron chi connectivity index (χ2n) is 4.28. The third-order valence-corrected chi connectivity index (χ3v) is 3.21. The lowest BCUT2D eigenvalue weighted by atomic mass is 9.91. The quantitative estimate of drug-likeness (QED) is 0.815. The third kappa shape index (κ3) is 2.39. The summed E-state index contributed by atoms with van der Waals surface area (Å²) in [5.74, 6) is 0. The number of hydrogen-bond acceptors (Lipinski definition) is 2. The Morgan fingerprint density at radius 2 is 2.33 bits per heavy atom. The molecule has 0 saturated heterocycles. The van der Waals surface area contributed by atoms with Gasteiger partial charge in [0, 0.05) is 26.3 Å². The first-order valence-corrected chi connectivity index (χ1v) is 5.61. The van der Waals surface area contributed by atoms with Gasteiger partial charge in [0.15, 0.2) is 0 Å². The molecule has 82 valence electrons. The molecule has 2 nitrogen and oxygen atoms in total. The van der Waals surface area contributed by atoms with Gasteiger partial charge in [0.1, 0.15) is 0 Å². The topological polar surface area (TPSA) is 21.3 Å². The highest BCUT2D eigenvalue weighted by molar-refractivity contribution is 5.36. The molecule has 1 aliphatic heterocycles. The van der Waals surface area contributed by atoms with Gasteiger partial charge in [0.25, 0.3) is 0 Å². The largest absolute Gasteiger partial charge is 0.385 e. The molecular formula is C13H19NO. The number of aryl methyl sites for hydroxylation is 1. The van der Waals surface area contributed by atoms with E-state index in [9.17, 15) is 0 Å². The normalized spacial score (nSPS) is 20.0. The van der Waals surface area contributed by atoms with Crippen LogP contribution in [0, 0.1) is 6.92 Å². The smallest absolute Gasteiger partial charge is 0.0477 e. The molecule has 2 heteroatoms. The molecule has 1 aromatic carbocycles. The van der Waals surface area contributed by atoms with E-state index in [1.54, 1.807) is 7.11 Å². The Morgan fingerprint density at radius 1 is 1.47 bits per heavy atom. The van der Waals surface area contributed by atoms with Gasteiger partial charge in [-0.05, 0) is 36.5 Å². The van der Waals surface area contributed by atoms with Gasteiger partial charge in [-0.2, -0.15) is 0 Å². The van der Waals surface area contributed by atoms with Crippen molar-refractivity contribution in [1.82, 2.24) is 5.32 Å². The second kappa shape index (κ2) is 4.77. The zero-order chi connectivity index (χ0) is 10.7. The van der Waals surface area contributed by atoms with Crippen LogP contribution in [0.5, 0.6) is 0 Å². The van der Waals surface area contributed by atoms with Crippen LogP contribution in [0.15, 0.2) is 18.2 Å². The zero-order valence-corrected chi connectivity index (χ0v) is 9.55. The van der Waals surface area contributed by atoms with Crippen molar-refractivity contribution in [3.8, 4) is 0 Å². The highest BCUT2D eigenvalue weighted by atomic mass is 16.5. The first-order valence-electron chi connectivity index (χ1n) is 5.61. The molecule has 0 radical (unpaired) electrons. The monoisotopic (exact) mass is 205 g/mol. The SMILES string of the molecule is COCCC1Cc2cccc(C)c2CN1. The van der Waals surface area contributed by atoms with Crippen molar-refractivity contribution in [2.75, 3.05) is 13.7 Å². The summed E-state index contributed by atoms with van der Waals surface area (Å²) in [5.41, 5.74) is 4.41. The van der Waals surface area contributed by atoms with E-state index in [1.165, 1.54) is 16.7 Å². The van der Waals surface area contributed by atoms with E-state index in [0.717, 1.165) is 26.0 Å². The minimum absolute atomic E-state index is 0.583. The maximum absolute atomic E-state index is 5.12. The highest BCUT2D eigenvalue weighted by Crippen LogP contribution is 2.21. The summed E-state index contributed by atoms with van der Waals surface area (Å²) >= 11 is 0. The first kappa shape index (κ1) is 10.7. The average molecular weight is 205 g/mol. The van der Waals surface area contributed by atoms with Gasteiger partial charge in [-0.15, -0.1) is 0 Å². The fourth-order valence-corrected chi connectivity index (χ4v) is 2.26. The molecule has 0 bridgehead atoms. The van der Waals surface area contributed by atoms with E-state index in [0.29, 0.717) is 6.04 Å². The van der Waals surface area contributed by atoms with Gasteiger partial charge >= 0.3 is 0 Å². The fourth-order valence-electron chi connectivity index (χ4n) is 2.26. The van der Waals surface area contributed by atoms with E-state index in [1.807, 2.05) is 0 Å². The van der Waals surface area contributed by atoms with Crippen LogP contribution >= 0.6 is 0 Å². The van der Waals surface area contributed by atoms with Crippen LogP contribution in [-0.2, 0) is 17.7 Å². The molecule has 0 saturated carbocycles. The molecule has 1 aliphatic rings. The van der Waals surface area contributed by atoms with Crippen molar-refractivity contribution in [3.63, 3.8) is 0 Å². The Kier molecular flexibility index (Phi) is 3.39. The van der Waals surface area contributed by atoms with E-state index >= 15 is 0 Å². The molecule has 2 rings (SSSR count). The van der Waals surface area contributed by atoms with Crippen LogP contribution in [0.25, 0.3) is 0 Å². The summed E-state index contributed by atoms with van der Waals surface area (Å²) in [6.45, 7) is 4.05. The second-order valence-corrected chi connectivity index (χ2v) is 4.28. The van der Waals surface area contributed by atoms with Crippen LogP contribution in [0.1, 0.15) is 23.1 Å². The third-order valence-electron chi connectivity index (χ3n) is 3.21. The summed E-state index contributed by atoms with van der Waals surface area (Å²) < 4.78 is 5.12. The predicted molar refractivity (Wildman–Crippen MR) is 62.0 cm³/mol. The molecular weight excluding hydrogens is 186 g/mol. The maximum atomic E-state index is 5.12. The van der Waals surface area contributed by atoms with E-state index in [4.69, 9.17) is 4.74 Å². The molecule has 15 heavy (non-hydrogen) atoms. The summed E-state index contributed by atoms with van der Waals surface area (Å²) in [6.07, 6.45) is 2.24. The molecule has 1 heterocycles. The number of methoxy groups -OCH3 is 1. The predicted octanol–water partition coefficient (Wildman–Crippen LogP) is 2.05. The number of fused-ring (bicyclic) bond motifs is 1. The first-order chi connectivity index (χ1) is 7.31. The van der Waals surface area contributed by atoms with Gasteiger partial charge in [-0.25, -0.2) is 0 Å². The van der Waals surface area contributed by atoms with E-state index in [2.05, 4.69) is 30.4 Å². The fraction of sp³-hybridized carbons (Fsp3) is 0.538. The summed E-state index contributed by atoms with van der Waals surface area (Å²) in [6, 6.07) is 7.19. The van der Waals surface area contributed by atoms with E-state index in [-0.39, 0.29) is 0 Å². The summed E-state index contributed by atoms with van der Waals surface area (Å²) in [5, 5.41) is 3.57. The van der Waals surface area contributed by atoms with Crippen LogP contribution in [0.3, 0.4) is 0 Å². The van der Waals surface area contributed by atoms with Crippen LogP contribution in [-0.4, -0.2) is 19.8 Å². The number of nitrogens with one attached hydrogen (secondary N) is 1. The molecule has 1 aromatic rings. The molecule has 0 fully saturated rings. The lowest BCUT2D eigenvalue weighted by molar-refractivity contribution is 0.181. The van der Waals surface area contributed by atoms with Crippen molar-refractivity contribution < 1.29 is 4.74 Å². The van der Waals surface area contributed by atoms with Crippen molar-refractivity contribution in [2.24, 2.45) is 0 Å². The number of hydrogen-bond donors (Lipinski definition) is 1. The molecule has 0 aliphatic carbocycles. The Balaban J connectivity index is 2.07. The van der Waals surface area contributed by atoms with E-state index < -0.39 is 0 Å². The van der Waals surface area contributed by atoms with Crippen LogP contribution < -0.4 is 5.32 Å². The summed E-state index contributed by atoms with van der Waals surface area (Å²) in [4.78, 5) is 0. The Labute approximate surface area is 91.6 Å². The van der Waals surface area contributed by atoms with Crippen LogP contribution in [0.4, 0.5) is 0 Å². The van der Waals surface area contributed by atoms with Crippen molar-refractivity contribution >= 4 is 0 Å². The van der Waals surface area contributed by atoms with Gasteiger partial charge < -0.3 is 10.1 Å². The van der Waals surface area contributed by atoms with Crippen LogP contribution in [0.2, 0.25) is 0 Å². The summed E-state index contributed by atoms with van der Waals surface area (Å²) in [7, 11) is 1.76. The van der Waals surface area contributed by atoms with Crippen molar-refractivity contribution in [3.05, 3.63) is 34.9 Å². The average Bonchev–Trinajstić information content (AvgIpc) is 2.26. The van der Waals surface area contributed by atoms with Gasteiger partial charge in [-0.1, -0.05) is 18.2 Å². The maximum Gasteiger partial charge on any atom is 0.0477 e. The molecule has 0 aromatic heterocycles. The number of ether oxygens (including phenoxy) is 1. The molecule has 0 spiro atoms. The lowest BCUT2D eigenvalue weighted by Crippen LogP contribution is -2.36. The molecule has 0 amide bonds. The number of benzene rings is 1. The van der Waals surface area contributed by atoms with Gasteiger partial charge in [0.05, 0.1) is 0 Å². The van der Waals surface area contributed by atoms with Crippen molar-refractivity contribution in [2.45, 2.75) is 32.4 Å². The molecule has 1 unspecified atom stereocenters. The van der Waals surface area contributed by atoms with Crippen molar-refractivity contribution in [1.29, 1.82) is 0 Å². The highest BCUT2D eigenvalue weighted by Gasteiger charge is 2.18. The Hall–Kier alpha value is -0.860. The minimum Gasteiger partial charge on any atom is -0.385 e. The zero-order valence-electron chi connectivity index (χ0n) is 9.55. The Bertz CT molecular complexity index is 335. The van der Waals surface area contributed by atoms with Gasteiger partial charge in [-0.3, -0.25) is 0 Å². The lowest BCUT2D eigenvalue weighted by Gasteiger charge is -2.27. The molecule has 1 atom stereocenters. The standard InChI is InChI=1S/C13H19NO/c1-10-4-3-5-11-8-12(6-7-15-2)14-9-13(10)11/h3-5,12,14H,6-9H2,1-2H3. The number of rotatable bonds is 3.